The van der Waals surface area contributed by atoms with Crippen LogP contribution >= 0.6 is 45.3 Å². The molecule has 3 nitrogen and oxygen atoms in total. The van der Waals surface area contributed by atoms with Crippen LogP contribution in [0.4, 0.5) is 5.00 Å². The van der Waals surface area contributed by atoms with Crippen LogP contribution in [0.1, 0.15) is 185 Å². The molecule has 8 heteroatoms. The van der Waals surface area contributed by atoms with E-state index in [4.69, 9.17) is 0 Å². The second kappa shape index (κ2) is 19.9. The van der Waals surface area contributed by atoms with Crippen molar-refractivity contribution in [2.75, 3.05) is 4.90 Å². The number of anilines is 1. The van der Waals surface area contributed by atoms with Crippen LogP contribution in [-0.2, 0) is 12.8 Å². The van der Waals surface area contributed by atoms with Crippen molar-refractivity contribution in [3.8, 4) is 19.5 Å². The van der Waals surface area contributed by atoms with E-state index in [0.29, 0.717) is 11.1 Å². The van der Waals surface area contributed by atoms with E-state index in [2.05, 4.69) is 73.6 Å². The number of rotatable bonds is 24. The van der Waals surface area contributed by atoms with Crippen molar-refractivity contribution < 1.29 is 9.59 Å². The maximum absolute atomic E-state index is 14.9. The van der Waals surface area contributed by atoms with Crippen molar-refractivity contribution in [1.82, 2.24) is 0 Å². The molecule has 0 fully saturated rings. The quantitative estimate of drug-likeness (QED) is 0.0400. The molecule has 306 valence electrons. The maximum atomic E-state index is 14.9. The van der Waals surface area contributed by atoms with Gasteiger partial charge in [0.05, 0.1) is 16.0 Å². The molecule has 0 saturated heterocycles. The zero-order chi connectivity index (χ0) is 40.0. The van der Waals surface area contributed by atoms with E-state index in [1.807, 2.05) is 22.7 Å². The average Bonchev–Trinajstić information content (AvgIpc) is 4.03. The molecule has 6 heterocycles. The highest BCUT2D eigenvalue weighted by Crippen LogP contribution is 2.51. The van der Waals surface area contributed by atoms with Crippen LogP contribution in [0.2, 0.25) is 12.1 Å². The predicted molar refractivity (Wildman–Crippen MR) is 253 cm³/mol. The third-order valence-electron chi connectivity index (χ3n) is 12.9. The number of hydrogen-bond donors (Lipinski definition) is 0. The molecule has 2 unspecified atom stereocenters. The summed E-state index contributed by atoms with van der Waals surface area (Å²) in [5, 5.41) is 4.26. The Morgan fingerprint density at radius 1 is 0.589 bits per heavy atom. The normalized spacial score (nSPS) is 17.2. The molecule has 0 bridgehead atoms. The molecular formula is C48H69NO2S4Si. The van der Waals surface area contributed by atoms with E-state index in [-0.39, 0.29) is 11.8 Å². The fourth-order valence-electron chi connectivity index (χ4n) is 9.72. The Morgan fingerprint density at radius 3 is 1.77 bits per heavy atom. The lowest BCUT2D eigenvalue weighted by molar-refractivity contribution is 0.0926. The van der Waals surface area contributed by atoms with E-state index >= 15 is 0 Å². The Kier molecular flexibility index (Phi) is 15.6. The molecule has 0 N–H and O–H groups in total. The first-order valence-electron chi connectivity index (χ1n) is 22.6. The largest absolute Gasteiger partial charge is 0.268 e. The lowest BCUT2D eigenvalue weighted by Crippen LogP contribution is -2.56. The second-order valence-electron chi connectivity index (χ2n) is 17.1. The van der Waals surface area contributed by atoms with Gasteiger partial charge in [0.1, 0.15) is 13.1 Å². The van der Waals surface area contributed by atoms with Crippen molar-refractivity contribution in [2.24, 2.45) is 11.8 Å². The van der Waals surface area contributed by atoms with Crippen molar-refractivity contribution in [2.45, 2.75) is 183 Å². The second-order valence-corrected chi connectivity index (χ2v) is 25.8. The number of fused-ring (bicyclic) bond motifs is 4. The lowest BCUT2D eigenvalue weighted by Gasteiger charge is -2.35. The molecule has 56 heavy (non-hydrogen) atoms. The summed E-state index contributed by atoms with van der Waals surface area (Å²) < 4.78 is 0. The van der Waals surface area contributed by atoms with Gasteiger partial charge in [-0.25, -0.2) is 4.90 Å². The number of thiophene rings is 4. The third-order valence-corrected chi connectivity index (χ3v) is 23.6. The van der Waals surface area contributed by atoms with Gasteiger partial charge in [-0.2, -0.15) is 0 Å². The Bertz CT molecular complexity index is 1920. The number of aryl methyl sites for hydroxylation is 4. The van der Waals surface area contributed by atoms with E-state index in [1.54, 1.807) is 37.9 Å². The van der Waals surface area contributed by atoms with Crippen LogP contribution in [0, 0.1) is 25.7 Å². The summed E-state index contributed by atoms with van der Waals surface area (Å²) in [5.74, 6) is 1.28. The molecule has 0 radical (unpaired) electrons. The SMILES string of the molecule is CCCCCCc1cc(CCCCCC)c(N2C(=O)c3c(C)sc(-c4cc5c(s4)-c4sc(C)cc4[Si]5(CC(CC)CCCC)CC(CC)CCCC)c3C2=O)s1. The Morgan fingerprint density at radius 2 is 1.16 bits per heavy atom. The summed E-state index contributed by atoms with van der Waals surface area (Å²) in [6.45, 7) is 18.4. The molecule has 0 saturated carbocycles. The summed E-state index contributed by atoms with van der Waals surface area (Å²) in [5.41, 5.74) is 2.52. The topological polar surface area (TPSA) is 37.4 Å². The summed E-state index contributed by atoms with van der Waals surface area (Å²) >= 11 is 7.33. The van der Waals surface area contributed by atoms with Gasteiger partial charge < -0.3 is 0 Å². The Balaban J connectivity index is 1.41. The first-order chi connectivity index (χ1) is 27.2. The zero-order valence-electron chi connectivity index (χ0n) is 35.9. The molecule has 0 aromatic carbocycles. The van der Waals surface area contributed by atoms with Gasteiger partial charge >= 0.3 is 0 Å². The molecule has 0 aliphatic carbocycles. The monoisotopic (exact) mass is 847 g/mol. The standard InChI is InChI=1S/C48H69NO2S4Si/c1-9-15-19-21-25-36-28-37(26-22-20-16-10-2)54-48(36)49-46(50)41-33(8)53-43(42(41)47(49)51)38-29-40-45(55-38)44-39(27-32(7)52-44)56(40,30-34(13-5)23-17-11-3)31-35(14-6)24-18-12-4/h27-29,34-35H,9-26,30-31H2,1-8H3. The molecule has 2 aliphatic rings. The molecule has 6 rings (SSSR count). The number of hydrogen-bond acceptors (Lipinski definition) is 6. The minimum absolute atomic E-state index is 0.0977. The van der Waals surface area contributed by atoms with Gasteiger partial charge in [0.15, 0.2) is 0 Å². The highest BCUT2D eigenvalue weighted by atomic mass is 32.1. The average molecular weight is 848 g/mol. The summed E-state index contributed by atoms with van der Waals surface area (Å²) in [6.07, 6.45) is 21.8. The van der Waals surface area contributed by atoms with Crippen LogP contribution in [0.25, 0.3) is 19.5 Å². The molecule has 2 atom stereocenters. The number of imide groups is 1. The zero-order valence-corrected chi connectivity index (χ0v) is 40.2. The van der Waals surface area contributed by atoms with E-state index in [1.165, 1.54) is 132 Å². The first-order valence-corrected chi connectivity index (χ1v) is 28.2. The minimum Gasteiger partial charge on any atom is -0.268 e. The highest BCUT2D eigenvalue weighted by Gasteiger charge is 2.50. The molecular weight excluding hydrogens is 779 g/mol. The van der Waals surface area contributed by atoms with Crippen LogP contribution in [0.3, 0.4) is 0 Å². The Labute approximate surface area is 356 Å². The van der Waals surface area contributed by atoms with Crippen LogP contribution < -0.4 is 15.3 Å². The van der Waals surface area contributed by atoms with Gasteiger partial charge in [0.25, 0.3) is 11.8 Å². The van der Waals surface area contributed by atoms with Crippen LogP contribution in [0.15, 0.2) is 18.2 Å². The summed E-state index contributed by atoms with van der Waals surface area (Å²) in [6, 6.07) is 10.2. The van der Waals surface area contributed by atoms with Gasteiger partial charge in [0.2, 0.25) is 0 Å². The van der Waals surface area contributed by atoms with Crippen molar-refractivity contribution in [3.63, 3.8) is 0 Å². The molecule has 2 amide bonds. The van der Waals surface area contributed by atoms with E-state index in [9.17, 15) is 9.59 Å². The number of unbranched alkanes of at least 4 members (excludes halogenated alkanes) is 8. The van der Waals surface area contributed by atoms with Gasteiger partial charge in [-0.3, -0.25) is 9.59 Å². The number of nitrogens with zero attached hydrogens (tertiary/aromatic N) is 1. The highest BCUT2D eigenvalue weighted by molar-refractivity contribution is 7.32. The third kappa shape index (κ3) is 8.85. The molecule has 0 spiro atoms. The fraction of sp³-hybridized carbons (Fsp3) is 0.625. The Hall–Kier alpha value is -1.84. The van der Waals surface area contributed by atoms with Crippen LogP contribution in [0.5, 0.6) is 0 Å². The van der Waals surface area contributed by atoms with Gasteiger partial charge in [-0.05, 0) is 97.6 Å². The van der Waals surface area contributed by atoms with Crippen molar-refractivity contribution in [3.05, 3.63) is 49.5 Å². The van der Waals surface area contributed by atoms with Crippen molar-refractivity contribution >= 4 is 80.6 Å². The molecule has 2 aliphatic heterocycles. The lowest BCUT2D eigenvalue weighted by atomic mass is 10.0. The van der Waals surface area contributed by atoms with Gasteiger partial charge in [-0.1, -0.05) is 131 Å². The number of carbonyl (C=O) groups is 2. The number of amides is 2. The van der Waals surface area contributed by atoms with E-state index in [0.717, 1.165) is 52.3 Å². The first kappa shape index (κ1) is 43.7. The molecule has 4 aromatic heterocycles. The van der Waals surface area contributed by atoms with Crippen molar-refractivity contribution in [1.29, 1.82) is 0 Å². The summed E-state index contributed by atoms with van der Waals surface area (Å²) in [4.78, 5) is 40.0. The smallest absolute Gasteiger partial charge is 0.268 e. The molecule has 4 aromatic rings. The van der Waals surface area contributed by atoms with Crippen LogP contribution in [-0.4, -0.2) is 19.9 Å². The fourth-order valence-corrected chi connectivity index (χ4v) is 22.5. The maximum Gasteiger partial charge on any atom is 0.268 e. The van der Waals surface area contributed by atoms with Gasteiger partial charge in [0, 0.05) is 29.3 Å². The predicted octanol–water partition coefficient (Wildman–Crippen LogP) is 15.2. The van der Waals surface area contributed by atoms with Gasteiger partial charge in [-0.15, -0.1) is 45.3 Å². The minimum atomic E-state index is -2.12. The number of carbonyl (C=O) groups excluding carboxylic acids is 2. The summed E-state index contributed by atoms with van der Waals surface area (Å²) in [7, 11) is -2.12. The van der Waals surface area contributed by atoms with E-state index < -0.39 is 8.07 Å².